The second-order valence-corrected chi connectivity index (χ2v) is 6.64. The van der Waals surface area contributed by atoms with E-state index in [-0.39, 0.29) is 6.61 Å². The molecule has 0 radical (unpaired) electrons. The molecule has 0 saturated heterocycles. The number of hydrogen-bond acceptors (Lipinski definition) is 4. The van der Waals surface area contributed by atoms with Gasteiger partial charge in [-0.25, -0.2) is 9.97 Å². The minimum atomic E-state index is 0.0381. The molecular weight excluding hydrogens is 383 g/mol. The van der Waals surface area contributed by atoms with Gasteiger partial charge in [0.15, 0.2) is 5.82 Å². The van der Waals surface area contributed by atoms with Crippen LogP contribution >= 0.6 is 23.2 Å². The molecule has 1 aromatic heterocycles. The molecule has 0 spiro atoms. The van der Waals surface area contributed by atoms with Crippen molar-refractivity contribution in [3.05, 3.63) is 83.6 Å². The van der Waals surface area contributed by atoms with Crippen molar-refractivity contribution in [2.24, 2.45) is 0 Å². The summed E-state index contributed by atoms with van der Waals surface area (Å²) in [5.74, 6) is 0.707. The monoisotopic (exact) mass is 402 g/mol. The predicted octanol–water partition coefficient (Wildman–Crippen LogP) is 5.30. The Balaban J connectivity index is 0.000000249. The van der Waals surface area contributed by atoms with Crippen LogP contribution in [-0.4, -0.2) is 28.3 Å². The summed E-state index contributed by atoms with van der Waals surface area (Å²) in [5.41, 5.74) is 1.91. The average molecular weight is 403 g/mol. The number of ether oxygens (including phenoxy) is 1. The second kappa shape index (κ2) is 10.8. The topological polar surface area (TPSA) is 55.2 Å². The molecule has 2 aromatic carbocycles. The minimum Gasteiger partial charge on any atom is -0.392 e. The van der Waals surface area contributed by atoms with E-state index in [4.69, 9.17) is 27.9 Å². The molecule has 1 heterocycles. The molecule has 3 aromatic rings. The highest BCUT2D eigenvalue weighted by Crippen LogP contribution is 2.28. The quantitative estimate of drug-likeness (QED) is 0.607. The van der Waals surface area contributed by atoms with Gasteiger partial charge in [0, 0.05) is 28.0 Å². The summed E-state index contributed by atoms with van der Waals surface area (Å²) in [7, 11) is 0. The van der Waals surface area contributed by atoms with Crippen molar-refractivity contribution in [2.45, 2.75) is 6.61 Å². The number of halogens is 2. The first kappa shape index (κ1) is 21.1. The minimum absolute atomic E-state index is 0.0381. The molecule has 3 rings (SSSR count). The van der Waals surface area contributed by atoms with Gasteiger partial charge in [0.25, 0.3) is 0 Å². The molecule has 4 nitrogen and oxygen atoms in total. The summed E-state index contributed by atoms with van der Waals surface area (Å²) >= 11 is 10.7. The third kappa shape index (κ3) is 6.45. The number of aromatic nitrogens is 2. The average Bonchev–Trinajstić information content (AvgIpc) is 2.67. The molecule has 0 amide bonds. The molecule has 0 atom stereocenters. The highest BCUT2D eigenvalue weighted by atomic mass is 35.5. The lowest BCUT2D eigenvalue weighted by molar-refractivity contribution is 0.189. The van der Waals surface area contributed by atoms with Gasteiger partial charge < -0.3 is 9.84 Å². The Labute approximate surface area is 168 Å². The van der Waals surface area contributed by atoms with Crippen LogP contribution in [0.15, 0.2) is 78.1 Å². The first-order valence-electron chi connectivity index (χ1n) is 8.16. The van der Waals surface area contributed by atoms with Crippen LogP contribution in [0.25, 0.3) is 22.2 Å². The zero-order valence-corrected chi connectivity index (χ0v) is 16.2. The van der Waals surface area contributed by atoms with E-state index in [1.54, 1.807) is 18.5 Å². The zero-order chi connectivity index (χ0) is 19.6. The van der Waals surface area contributed by atoms with Crippen molar-refractivity contribution in [3.63, 3.8) is 0 Å². The van der Waals surface area contributed by atoms with Gasteiger partial charge in [-0.15, -0.1) is 0 Å². The Morgan fingerprint density at radius 3 is 2.07 bits per heavy atom. The maximum absolute atomic E-state index is 9.37. The second-order valence-electron chi connectivity index (χ2n) is 5.58. The first-order chi connectivity index (χ1) is 13.0. The standard InChI is InChI=1S/C15H12N2O.C6H8Cl2O/c18-10-11-4-1-6-13-12(11)5-2-7-14(13)15-16-8-3-9-17-15;1-5(7)3-9-4-6(2)8/h1-9,18H,10H2;1-4H2. The summed E-state index contributed by atoms with van der Waals surface area (Å²) < 4.78 is 4.89. The fourth-order valence-electron chi connectivity index (χ4n) is 2.42. The van der Waals surface area contributed by atoms with Gasteiger partial charge in [0.2, 0.25) is 0 Å². The van der Waals surface area contributed by atoms with Crippen molar-refractivity contribution < 1.29 is 9.84 Å². The highest BCUT2D eigenvalue weighted by molar-refractivity contribution is 6.29. The van der Waals surface area contributed by atoms with E-state index >= 15 is 0 Å². The molecule has 0 fully saturated rings. The van der Waals surface area contributed by atoms with E-state index in [1.165, 1.54) is 0 Å². The molecule has 6 heteroatoms. The summed E-state index contributed by atoms with van der Waals surface area (Å²) in [4.78, 5) is 8.56. The molecule has 27 heavy (non-hydrogen) atoms. The van der Waals surface area contributed by atoms with Crippen LogP contribution in [-0.2, 0) is 11.3 Å². The zero-order valence-electron chi connectivity index (χ0n) is 14.7. The van der Waals surface area contributed by atoms with Crippen molar-refractivity contribution in [1.82, 2.24) is 9.97 Å². The lowest BCUT2D eigenvalue weighted by Gasteiger charge is -2.08. The molecule has 0 aliphatic carbocycles. The lowest BCUT2D eigenvalue weighted by Crippen LogP contribution is -1.94. The largest absolute Gasteiger partial charge is 0.392 e. The van der Waals surface area contributed by atoms with Crippen LogP contribution in [0.1, 0.15) is 5.56 Å². The van der Waals surface area contributed by atoms with Crippen molar-refractivity contribution in [1.29, 1.82) is 0 Å². The van der Waals surface area contributed by atoms with E-state index in [9.17, 15) is 5.11 Å². The Morgan fingerprint density at radius 1 is 0.889 bits per heavy atom. The van der Waals surface area contributed by atoms with Gasteiger partial charge in [-0.2, -0.15) is 0 Å². The summed E-state index contributed by atoms with van der Waals surface area (Å²) in [6.45, 7) is 7.53. The number of aliphatic hydroxyl groups excluding tert-OH is 1. The van der Waals surface area contributed by atoms with E-state index in [0.717, 1.165) is 21.9 Å². The van der Waals surface area contributed by atoms with Crippen LogP contribution in [0.5, 0.6) is 0 Å². The van der Waals surface area contributed by atoms with Gasteiger partial charge in [0.05, 0.1) is 19.8 Å². The summed E-state index contributed by atoms with van der Waals surface area (Å²) in [5, 5.41) is 12.4. The van der Waals surface area contributed by atoms with Gasteiger partial charge in [0.1, 0.15) is 0 Å². The number of aliphatic hydroxyl groups is 1. The van der Waals surface area contributed by atoms with Gasteiger partial charge >= 0.3 is 0 Å². The van der Waals surface area contributed by atoms with Crippen LogP contribution in [0.2, 0.25) is 0 Å². The van der Waals surface area contributed by atoms with E-state index in [1.807, 2.05) is 36.4 Å². The van der Waals surface area contributed by atoms with E-state index in [0.29, 0.717) is 29.1 Å². The highest BCUT2D eigenvalue weighted by Gasteiger charge is 2.07. The Hall–Kier alpha value is -2.24. The van der Waals surface area contributed by atoms with Gasteiger partial charge in [-0.05, 0) is 22.4 Å². The third-order valence-electron chi connectivity index (χ3n) is 3.51. The van der Waals surface area contributed by atoms with Crippen LogP contribution in [0, 0.1) is 0 Å². The molecule has 0 aliphatic heterocycles. The molecule has 140 valence electrons. The maximum Gasteiger partial charge on any atom is 0.159 e. The number of rotatable bonds is 6. The van der Waals surface area contributed by atoms with Crippen LogP contribution < -0.4 is 0 Å². The lowest BCUT2D eigenvalue weighted by atomic mass is 10.00. The Bertz CT molecular complexity index is 900. The van der Waals surface area contributed by atoms with Crippen LogP contribution in [0.4, 0.5) is 0 Å². The molecule has 0 unspecified atom stereocenters. The van der Waals surface area contributed by atoms with Crippen LogP contribution in [0.3, 0.4) is 0 Å². The molecule has 0 bridgehead atoms. The van der Waals surface area contributed by atoms with Crippen molar-refractivity contribution >= 4 is 34.0 Å². The van der Waals surface area contributed by atoms with Gasteiger partial charge in [-0.3, -0.25) is 0 Å². The van der Waals surface area contributed by atoms with Crippen molar-refractivity contribution in [2.75, 3.05) is 13.2 Å². The predicted molar refractivity (Wildman–Crippen MR) is 112 cm³/mol. The fourth-order valence-corrected chi connectivity index (χ4v) is 2.57. The number of nitrogens with zero attached hydrogens (tertiary/aromatic N) is 2. The SMILES string of the molecule is C=C(Cl)COCC(=C)Cl.OCc1cccc2c(-c3ncccn3)cccc12. The molecule has 0 aliphatic rings. The smallest absolute Gasteiger partial charge is 0.159 e. The fraction of sp³-hybridized carbons (Fsp3) is 0.143. The molecule has 1 N–H and O–H groups in total. The number of benzene rings is 2. The number of fused-ring (bicyclic) bond motifs is 1. The van der Waals surface area contributed by atoms with E-state index < -0.39 is 0 Å². The number of hydrogen-bond donors (Lipinski definition) is 1. The van der Waals surface area contributed by atoms with Gasteiger partial charge in [-0.1, -0.05) is 72.8 Å². The van der Waals surface area contributed by atoms with E-state index in [2.05, 4.69) is 23.1 Å². The summed E-state index contributed by atoms with van der Waals surface area (Å²) in [6, 6.07) is 13.7. The molecule has 0 saturated carbocycles. The molecular formula is C21H20Cl2N2O2. The summed E-state index contributed by atoms with van der Waals surface area (Å²) in [6.07, 6.45) is 3.47. The maximum atomic E-state index is 9.37. The normalized spacial score (nSPS) is 10.2. The van der Waals surface area contributed by atoms with Crippen molar-refractivity contribution in [3.8, 4) is 11.4 Å². The first-order valence-corrected chi connectivity index (χ1v) is 8.91. The Kier molecular flexibility index (Phi) is 8.43. The third-order valence-corrected chi connectivity index (χ3v) is 3.72. The Morgan fingerprint density at radius 2 is 1.48 bits per heavy atom.